The van der Waals surface area contributed by atoms with Crippen LogP contribution in [0, 0.1) is 0 Å². The third-order valence-corrected chi connectivity index (χ3v) is 5.15. The lowest BCUT2D eigenvalue weighted by Crippen LogP contribution is -2.41. The molecule has 0 aliphatic heterocycles. The number of amides is 1. The molecular formula is C17H23ClN2O7S. The maximum atomic E-state index is 12.2. The molecule has 0 radical (unpaired) electrons. The van der Waals surface area contributed by atoms with Crippen LogP contribution in [-0.2, 0) is 33.9 Å². The topological polar surface area (TPSA) is 128 Å². The van der Waals surface area contributed by atoms with Crippen molar-refractivity contribution < 1.29 is 32.3 Å². The number of hydrogen-bond donors (Lipinski definition) is 2. The number of carbonyl (C=O) groups is 3. The minimum absolute atomic E-state index is 0.0594. The molecule has 0 bridgehead atoms. The highest BCUT2D eigenvalue weighted by Crippen LogP contribution is 2.14. The standard InChI is InChI=1S/C17H23ClN2O7S/c1-3-26-16(22)5-4-10-19-15(21)11-27-17(23)12(2)20-28(24,25)14-8-6-13(18)7-9-14/h6-9,12,20H,3-5,10-11H2,1-2H3,(H,19,21)/t12-/m0/s1. The van der Waals surface area contributed by atoms with Gasteiger partial charge in [0.15, 0.2) is 6.61 Å². The fraction of sp³-hybridized carbons (Fsp3) is 0.471. The van der Waals surface area contributed by atoms with Gasteiger partial charge in [-0.05, 0) is 44.5 Å². The van der Waals surface area contributed by atoms with Gasteiger partial charge in [0.1, 0.15) is 6.04 Å². The Morgan fingerprint density at radius 1 is 1.14 bits per heavy atom. The molecule has 1 atom stereocenters. The molecule has 0 spiro atoms. The molecular weight excluding hydrogens is 412 g/mol. The number of benzene rings is 1. The maximum absolute atomic E-state index is 12.2. The van der Waals surface area contributed by atoms with E-state index in [2.05, 4.69) is 10.0 Å². The van der Waals surface area contributed by atoms with Crippen LogP contribution in [0.5, 0.6) is 0 Å². The summed E-state index contributed by atoms with van der Waals surface area (Å²) in [4.78, 5) is 34.6. The number of nitrogens with one attached hydrogen (secondary N) is 2. The van der Waals surface area contributed by atoms with E-state index in [1.54, 1.807) is 6.92 Å². The second-order valence-corrected chi connectivity index (χ2v) is 7.81. The van der Waals surface area contributed by atoms with Crippen molar-refractivity contribution in [1.82, 2.24) is 10.0 Å². The van der Waals surface area contributed by atoms with Crippen molar-refractivity contribution in [2.24, 2.45) is 0 Å². The summed E-state index contributed by atoms with van der Waals surface area (Å²) < 4.78 is 36.1. The summed E-state index contributed by atoms with van der Waals surface area (Å²) in [5, 5.41) is 2.85. The van der Waals surface area contributed by atoms with Crippen molar-refractivity contribution in [3.8, 4) is 0 Å². The summed E-state index contributed by atoms with van der Waals surface area (Å²) in [5.74, 6) is -1.82. The molecule has 0 aromatic heterocycles. The van der Waals surface area contributed by atoms with Crippen molar-refractivity contribution in [2.75, 3.05) is 19.8 Å². The van der Waals surface area contributed by atoms with Crippen molar-refractivity contribution in [3.05, 3.63) is 29.3 Å². The number of rotatable bonds is 11. The number of hydrogen-bond acceptors (Lipinski definition) is 7. The Morgan fingerprint density at radius 2 is 1.79 bits per heavy atom. The van der Waals surface area contributed by atoms with Gasteiger partial charge >= 0.3 is 11.9 Å². The van der Waals surface area contributed by atoms with Gasteiger partial charge in [-0.1, -0.05) is 11.6 Å². The van der Waals surface area contributed by atoms with Gasteiger partial charge in [-0.2, -0.15) is 4.72 Å². The summed E-state index contributed by atoms with van der Waals surface area (Å²) in [6.07, 6.45) is 0.549. The molecule has 1 rings (SSSR count). The van der Waals surface area contributed by atoms with Crippen LogP contribution in [0.3, 0.4) is 0 Å². The summed E-state index contributed by atoms with van der Waals surface area (Å²) in [7, 11) is -3.94. The van der Waals surface area contributed by atoms with Crippen molar-refractivity contribution in [1.29, 1.82) is 0 Å². The SMILES string of the molecule is CCOC(=O)CCCNC(=O)COC(=O)[C@H](C)NS(=O)(=O)c1ccc(Cl)cc1. The molecule has 1 aromatic rings. The zero-order valence-corrected chi connectivity index (χ0v) is 17.1. The summed E-state index contributed by atoms with van der Waals surface area (Å²) in [6, 6.07) is 4.22. The number of sulfonamides is 1. The second kappa shape index (κ2) is 11.6. The van der Waals surface area contributed by atoms with Gasteiger partial charge < -0.3 is 14.8 Å². The smallest absolute Gasteiger partial charge is 0.324 e. The van der Waals surface area contributed by atoms with E-state index in [4.69, 9.17) is 21.1 Å². The van der Waals surface area contributed by atoms with E-state index in [-0.39, 0.29) is 23.8 Å². The fourth-order valence-electron chi connectivity index (χ4n) is 1.97. The molecule has 2 N–H and O–H groups in total. The second-order valence-electron chi connectivity index (χ2n) is 5.66. The highest BCUT2D eigenvalue weighted by atomic mass is 35.5. The maximum Gasteiger partial charge on any atom is 0.324 e. The third kappa shape index (κ3) is 8.68. The van der Waals surface area contributed by atoms with Gasteiger partial charge in [0.2, 0.25) is 10.0 Å². The van der Waals surface area contributed by atoms with Gasteiger partial charge in [-0.25, -0.2) is 8.42 Å². The summed E-state index contributed by atoms with van der Waals surface area (Å²) in [6.45, 7) is 2.94. The Hall–Kier alpha value is -2.17. The molecule has 1 amide bonds. The third-order valence-electron chi connectivity index (χ3n) is 3.34. The predicted molar refractivity (Wildman–Crippen MR) is 101 cm³/mol. The zero-order valence-electron chi connectivity index (χ0n) is 15.6. The average Bonchev–Trinajstić information content (AvgIpc) is 2.63. The van der Waals surface area contributed by atoms with E-state index in [1.807, 2.05) is 0 Å². The number of ether oxygens (including phenoxy) is 2. The van der Waals surface area contributed by atoms with Crippen LogP contribution < -0.4 is 10.0 Å². The molecule has 0 saturated carbocycles. The molecule has 0 saturated heterocycles. The largest absolute Gasteiger partial charge is 0.466 e. The Morgan fingerprint density at radius 3 is 2.39 bits per heavy atom. The molecule has 28 heavy (non-hydrogen) atoms. The van der Waals surface area contributed by atoms with Crippen LogP contribution in [0.1, 0.15) is 26.7 Å². The van der Waals surface area contributed by atoms with E-state index in [9.17, 15) is 22.8 Å². The first-order chi connectivity index (χ1) is 13.2. The number of carbonyl (C=O) groups excluding carboxylic acids is 3. The Labute approximate surface area is 168 Å². The van der Waals surface area contributed by atoms with Crippen LogP contribution in [0.25, 0.3) is 0 Å². The molecule has 156 valence electrons. The minimum atomic E-state index is -3.94. The molecule has 0 heterocycles. The average molecular weight is 435 g/mol. The number of esters is 2. The highest BCUT2D eigenvalue weighted by Gasteiger charge is 2.23. The molecule has 0 aliphatic rings. The zero-order chi connectivity index (χ0) is 21.2. The van der Waals surface area contributed by atoms with E-state index >= 15 is 0 Å². The quantitative estimate of drug-likeness (QED) is 0.393. The van der Waals surface area contributed by atoms with Crippen LogP contribution in [0.4, 0.5) is 0 Å². The van der Waals surface area contributed by atoms with Gasteiger partial charge in [0.05, 0.1) is 11.5 Å². The number of halogens is 1. The van der Waals surface area contributed by atoms with Gasteiger partial charge in [-0.15, -0.1) is 0 Å². The first-order valence-corrected chi connectivity index (χ1v) is 10.4. The van der Waals surface area contributed by atoms with Crippen LogP contribution in [0.2, 0.25) is 5.02 Å². The first-order valence-electron chi connectivity index (χ1n) is 8.52. The van der Waals surface area contributed by atoms with E-state index in [0.29, 0.717) is 18.1 Å². The molecule has 0 fully saturated rings. The normalized spacial score (nSPS) is 12.1. The fourth-order valence-corrected chi connectivity index (χ4v) is 3.29. The lowest BCUT2D eigenvalue weighted by molar-refractivity contribution is -0.149. The molecule has 1 aromatic carbocycles. The molecule has 0 unspecified atom stereocenters. The van der Waals surface area contributed by atoms with E-state index < -0.39 is 34.5 Å². The predicted octanol–water partition coefficient (Wildman–Crippen LogP) is 1.01. The van der Waals surface area contributed by atoms with Crippen molar-refractivity contribution in [2.45, 2.75) is 37.6 Å². The first kappa shape index (κ1) is 23.9. The van der Waals surface area contributed by atoms with Crippen molar-refractivity contribution in [3.63, 3.8) is 0 Å². The van der Waals surface area contributed by atoms with Gasteiger partial charge in [-0.3, -0.25) is 14.4 Å². The summed E-state index contributed by atoms with van der Waals surface area (Å²) in [5.41, 5.74) is 0. The van der Waals surface area contributed by atoms with Crippen LogP contribution in [-0.4, -0.2) is 52.1 Å². The molecule has 11 heteroatoms. The minimum Gasteiger partial charge on any atom is -0.466 e. The Balaban J connectivity index is 2.36. The van der Waals surface area contributed by atoms with Crippen LogP contribution in [0.15, 0.2) is 29.2 Å². The Bertz CT molecular complexity index is 781. The lowest BCUT2D eigenvalue weighted by Gasteiger charge is -2.14. The van der Waals surface area contributed by atoms with Gasteiger partial charge in [0.25, 0.3) is 5.91 Å². The van der Waals surface area contributed by atoms with Crippen molar-refractivity contribution >= 4 is 39.5 Å². The van der Waals surface area contributed by atoms with E-state index in [1.165, 1.54) is 31.2 Å². The molecule has 9 nitrogen and oxygen atoms in total. The Kier molecular flexibility index (Phi) is 9.91. The molecule has 0 aliphatic carbocycles. The summed E-state index contributed by atoms with van der Waals surface area (Å²) >= 11 is 5.71. The monoisotopic (exact) mass is 434 g/mol. The highest BCUT2D eigenvalue weighted by molar-refractivity contribution is 7.89. The van der Waals surface area contributed by atoms with Gasteiger partial charge in [0, 0.05) is 18.0 Å². The van der Waals surface area contributed by atoms with E-state index in [0.717, 1.165) is 0 Å². The van der Waals surface area contributed by atoms with Crippen LogP contribution >= 0.6 is 11.6 Å². The lowest BCUT2D eigenvalue weighted by atomic mass is 10.3.